The van der Waals surface area contributed by atoms with E-state index in [0.29, 0.717) is 30.4 Å². The molecule has 1 aromatic carbocycles. The second-order valence-corrected chi connectivity index (χ2v) is 9.34. The van der Waals surface area contributed by atoms with E-state index in [9.17, 15) is 13.2 Å². The van der Waals surface area contributed by atoms with Gasteiger partial charge in [-0.3, -0.25) is 5.43 Å². The third-order valence-electron chi connectivity index (χ3n) is 4.69. The molecule has 11 heteroatoms. The van der Waals surface area contributed by atoms with Gasteiger partial charge in [-0.2, -0.15) is 5.10 Å². The SMILES string of the molecule is CCOC(=O)/C(C)=N/Nc1ccc(Oc2ccc(S(C)(=O)=O)cn2)cc1OC1CCOCC1. The molecule has 10 nitrogen and oxygen atoms in total. The highest BCUT2D eigenvalue weighted by Crippen LogP contribution is 2.33. The molecule has 2 aromatic rings. The minimum atomic E-state index is -3.35. The van der Waals surface area contributed by atoms with E-state index in [1.165, 1.54) is 18.3 Å². The molecule has 1 aromatic heterocycles. The van der Waals surface area contributed by atoms with Gasteiger partial charge in [0.15, 0.2) is 9.84 Å². The highest BCUT2D eigenvalue weighted by Gasteiger charge is 2.18. The van der Waals surface area contributed by atoms with Gasteiger partial charge in [0, 0.05) is 37.4 Å². The van der Waals surface area contributed by atoms with Gasteiger partial charge in [0.1, 0.15) is 23.3 Å². The Bertz CT molecular complexity index is 1100. The van der Waals surface area contributed by atoms with Gasteiger partial charge >= 0.3 is 5.97 Å². The molecular weight excluding hydrogens is 450 g/mol. The van der Waals surface area contributed by atoms with Gasteiger partial charge in [0.2, 0.25) is 5.88 Å². The number of sulfone groups is 1. The van der Waals surface area contributed by atoms with Crippen LogP contribution in [-0.4, -0.2) is 57.3 Å². The number of aromatic nitrogens is 1. The van der Waals surface area contributed by atoms with Crippen LogP contribution in [0.15, 0.2) is 46.5 Å². The maximum absolute atomic E-state index is 11.8. The maximum atomic E-state index is 11.8. The van der Waals surface area contributed by atoms with E-state index in [0.717, 1.165) is 19.1 Å². The van der Waals surface area contributed by atoms with Crippen LogP contribution in [0.1, 0.15) is 26.7 Å². The number of hydrazone groups is 1. The predicted octanol–water partition coefficient (Wildman–Crippen LogP) is 3.19. The van der Waals surface area contributed by atoms with Crippen LogP contribution < -0.4 is 14.9 Å². The van der Waals surface area contributed by atoms with Crippen molar-refractivity contribution in [2.45, 2.75) is 37.7 Å². The van der Waals surface area contributed by atoms with Crippen LogP contribution in [0.5, 0.6) is 17.4 Å². The molecule has 1 aliphatic rings. The van der Waals surface area contributed by atoms with E-state index >= 15 is 0 Å². The first kappa shape index (κ1) is 24.5. The van der Waals surface area contributed by atoms with E-state index in [2.05, 4.69) is 15.5 Å². The van der Waals surface area contributed by atoms with Gasteiger partial charge in [-0.25, -0.2) is 18.2 Å². The Hall–Kier alpha value is -3.18. The first-order valence-corrected chi connectivity index (χ1v) is 12.3. The standard InChI is InChI=1S/C22H27N3O7S/c1-4-30-22(26)15(2)24-25-19-7-5-17(13-20(19)31-16-9-11-29-12-10-16)32-21-8-6-18(14-23-21)33(3,27)28/h5-8,13-14,16,25H,4,9-12H2,1-3H3/b24-15+. The number of hydrogen-bond donors (Lipinski definition) is 1. The molecule has 33 heavy (non-hydrogen) atoms. The van der Waals surface area contributed by atoms with Gasteiger partial charge in [0.05, 0.1) is 30.4 Å². The molecule has 0 saturated carbocycles. The van der Waals surface area contributed by atoms with Gasteiger partial charge in [-0.15, -0.1) is 0 Å². The van der Waals surface area contributed by atoms with E-state index in [4.69, 9.17) is 18.9 Å². The molecule has 1 saturated heterocycles. The molecule has 1 aliphatic heterocycles. The topological polar surface area (TPSA) is 125 Å². The number of pyridine rings is 1. The lowest BCUT2D eigenvalue weighted by atomic mass is 10.1. The van der Waals surface area contributed by atoms with Crippen molar-refractivity contribution in [1.82, 2.24) is 4.98 Å². The summed E-state index contributed by atoms with van der Waals surface area (Å²) in [5.74, 6) is 0.637. The second kappa shape index (κ2) is 11.1. The number of nitrogens with one attached hydrogen (secondary N) is 1. The molecule has 178 valence electrons. The van der Waals surface area contributed by atoms with Crippen molar-refractivity contribution < 1.29 is 32.2 Å². The number of ether oxygens (including phenoxy) is 4. The van der Waals surface area contributed by atoms with Crippen molar-refractivity contribution in [3.63, 3.8) is 0 Å². The summed E-state index contributed by atoms with van der Waals surface area (Å²) in [5, 5.41) is 4.09. The van der Waals surface area contributed by atoms with Crippen molar-refractivity contribution in [3.8, 4) is 17.4 Å². The molecule has 0 aliphatic carbocycles. The quantitative estimate of drug-likeness (QED) is 0.329. The molecule has 1 fully saturated rings. The summed E-state index contributed by atoms with van der Waals surface area (Å²) >= 11 is 0. The van der Waals surface area contributed by atoms with E-state index in [1.807, 2.05) is 0 Å². The molecule has 0 bridgehead atoms. The molecule has 3 rings (SSSR count). The molecule has 0 unspecified atom stereocenters. The Balaban J connectivity index is 1.81. The fourth-order valence-electron chi connectivity index (χ4n) is 2.92. The van der Waals surface area contributed by atoms with Crippen molar-refractivity contribution in [2.75, 3.05) is 31.5 Å². The number of carbonyl (C=O) groups excluding carboxylic acids is 1. The van der Waals surface area contributed by atoms with Crippen molar-refractivity contribution in [3.05, 3.63) is 36.5 Å². The monoisotopic (exact) mass is 477 g/mol. The van der Waals surface area contributed by atoms with E-state index in [1.54, 1.807) is 32.0 Å². The minimum absolute atomic E-state index is 0.0446. The number of rotatable bonds is 9. The summed E-state index contributed by atoms with van der Waals surface area (Å²) in [6.07, 6.45) is 3.79. The molecule has 0 radical (unpaired) electrons. The highest BCUT2D eigenvalue weighted by atomic mass is 32.2. The first-order chi connectivity index (χ1) is 15.8. The molecule has 1 N–H and O–H groups in total. The molecular formula is C22H27N3O7S. The Morgan fingerprint density at radius 1 is 1.24 bits per heavy atom. The zero-order chi connectivity index (χ0) is 23.8. The summed E-state index contributed by atoms with van der Waals surface area (Å²) in [6.45, 7) is 4.75. The maximum Gasteiger partial charge on any atom is 0.354 e. The number of carbonyl (C=O) groups is 1. The summed E-state index contributed by atoms with van der Waals surface area (Å²) < 4.78 is 45.5. The molecule has 0 spiro atoms. The van der Waals surface area contributed by atoms with Crippen molar-refractivity contribution in [1.29, 1.82) is 0 Å². The summed E-state index contributed by atoms with van der Waals surface area (Å²) in [6, 6.07) is 7.98. The largest absolute Gasteiger partial charge is 0.488 e. The first-order valence-electron chi connectivity index (χ1n) is 10.5. The number of benzene rings is 1. The number of esters is 1. The number of nitrogens with zero attached hydrogens (tertiary/aromatic N) is 2. The van der Waals surface area contributed by atoms with Gasteiger partial charge in [-0.05, 0) is 32.0 Å². The van der Waals surface area contributed by atoms with Crippen LogP contribution >= 0.6 is 0 Å². The molecule has 0 atom stereocenters. The molecule has 0 amide bonds. The van der Waals surface area contributed by atoms with Crippen LogP contribution in [0.3, 0.4) is 0 Å². The van der Waals surface area contributed by atoms with E-state index < -0.39 is 15.8 Å². The summed E-state index contributed by atoms with van der Waals surface area (Å²) in [4.78, 5) is 16.0. The Morgan fingerprint density at radius 3 is 2.64 bits per heavy atom. The van der Waals surface area contributed by atoms with Crippen LogP contribution in [0, 0.1) is 0 Å². The third kappa shape index (κ3) is 7.16. The Morgan fingerprint density at radius 2 is 2.00 bits per heavy atom. The zero-order valence-corrected chi connectivity index (χ0v) is 19.6. The average Bonchev–Trinajstić information content (AvgIpc) is 2.79. The number of hydrogen-bond acceptors (Lipinski definition) is 10. The minimum Gasteiger partial charge on any atom is -0.488 e. The van der Waals surface area contributed by atoms with Crippen molar-refractivity contribution in [2.24, 2.45) is 5.10 Å². The third-order valence-corrected chi connectivity index (χ3v) is 5.79. The average molecular weight is 478 g/mol. The summed E-state index contributed by atoms with van der Waals surface area (Å²) in [7, 11) is -3.35. The Kier molecular flexibility index (Phi) is 8.23. The van der Waals surface area contributed by atoms with Crippen LogP contribution in [0.4, 0.5) is 5.69 Å². The van der Waals surface area contributed by atoms with E-state index in [-0.39, 0.29) is 29.2 Å². The van der Waals surface area contributed by atoms with Crippen molar-refractivity contribution >= 4 is 27.2 Å². The molecule has 2 heterocycles. The second-order valence-electron chi connectivity index (χ2n) is 7.32. The lowest BCUT2D eigenvalue weighted by Crippen LogP contribution is -2.26. The number of anilines is 1. The lowest BCUT2D eigenvalue weighted by Gasteiger charge is -2.24. The highest BCUT2D eigenvalue weighted by molar-refractivity contribution is 7.90. The Labute approximate surface area is 192 Å². The van der Waals surface area contributed by atoms with Gasteiger partial charge in [0.25, 0.3) is 0 Å². The summed E-state index contributed by atoms with van der Waals surface area (Å²) in [5.41, 5.74) is 3.56. The predicted molar refractivity (Wildman–Crippen MR) is 122 cm³/mol. The van der Waals surface area contributed by atoms with Gasteiger partial charge in [-0.1, -0.05) is 0 Å². The zero-order valence-electron chi connectivity index (χ0n) is 18.7. The smallest absolute Gasteiger partial charge is 0.354 e. The van der Waals surface area contributed by atoms with Crippen LogP contribution in [0.2, 0.25) is 0 Å². The lowest BCUT2D eigenvalue weighted by molar-refractivity contribution is -0.135. The normalized spacial score (nSPS) is 15.1. The van der Waals surface area contributed by atoms with Crippen LogP contribution in [-0.2, 0) is 24.1 Å². The fraction of sp³-hybridized carbons (Fsp3) is 0.409. The van der Waals surface area contributed by atoms with Gasteiger partial charge < -0.3 is 18.9 Å². The fourth-order valence-corrected chi connectivity index (χ4v) is 3.48. The van der Waals surface area contributed by atoms with Crippen LogP contribution in [0.25, 0.3) is 0 Å².